The van der Waals surface area contributed by atoms with E-state index in [0.29, 0.717) is 23.0 Å². The number of carbonyl (C=O) groups is 2. The molecule has 1 aliphatic rings. The van der Waals surface area contributed by atoms with E-state index in [9.17, 15) is 9.59 Å². The Morgan fingerprint density at radius 1 is 1.08 bits per heavy atom. The number of ether oxygens (including phenoxy) is 3. The van der Waals surface area contributed by atoms with E-state index in [1.165, 1.54) is 7.11 Å². The Morgan fingerprint density at radius 2 is 1.69 bits per heavy atom. The average molecular weight is 354 g/mol. The first-order valence-electron chi connectivity index (χ1n) is 8.62. The molecule has 0 aliphatic heterocycles. The fourth-order valence-electron chi connectivity index (χ4n) is 3.34. The predicted octanol–water partition coefficient (Wildman–Crippen LogP) is 4.59. The lowest BCUT2D eigenvalue weighted by Crippen LogP contribution is -2.19. The van der Waals surface area contributed by atoms with E-state index >= 15 is 0 Å². The van der Waals surface area contributed by atoms with Crippen molar-refractivity contribution in [3.63, 3.8) is 0 Å². The molecule has 136 valence electrons. The van der Waals surface area contributed by atoms with Crippen LogP contribution in [0, 0.1) is 5.92 Å². The SMILES string of the molecule is C=C(C)C(=O)Oc1c2c(c(OC(=O)OC)c3ccccc13)CCC(C)C2. The third kappa shape index (κ3) is 3.29. The number of fused-ring (bicyclic) bond motifs is 2. The van der Waals surface area contributed by atoms with E-state index < -0.39 is 12.1 Å². The minimum Gasteiger partial charge on any atom is -0.437 e. The molecule has 0 bridgehead atoms. The van der Waals surface area contributed by atoms with Gasteiger partial charge in [-0.2, -0.15) is 0 Å². The van der Waals surface area contributed by atoms with Crippen LogP contribution >= 0.6 is 0 Å². The summed E-state index contributed by atoms with van der Waals surface area (Å²) in [6, 6.07) is 7.43. The summed E-state index contributed by atoms with van der Waals surface area (Å²) < 4.78 is 15.9. The Hall–Kier alpha value is -2.82. The van der Waals surface area contributed by atoms with Crippen molar-refractivity contribution in [2.24, 2.45) is 5.92 Å². The van der Waals surface area contributed by atoms with Crippen molar-refractivity contribution in [3.05, 3.63) is 47.5 Å². The Balaban J connectivity index is 2.27. The lowest BCUT2D eigenvalue weighted by atomic mass is 9.82. The van der Waals surface area contributed by atoms with Crippen LogP contribution < -0.4 is 9.47 Å². The summed E-state index contributed by atoms with van der Waals surface area (Å²) in [5, 5.41) is 1.45. The molecule has 1 aliphatic carbocycles. The molecule has 26 heavy (non-hydrogen) atoms. The van der Waals surface area contributed by atoms with Crippen LogP contribution in [-0.4, -0.2) is 19.2 Å². The maximum atomic E-state index is 12.2. The van der Waals surface area contributed by atoms with E-state index in [1.807, 2.05) is 24.3 Å². The first-order valence-corrected chi connectivity index (χ1v) is 8.62. The van der Waals surface area contributed by atoms with Crippen LogP contribution in [0.3, 0.4) is 0 Å². The van der Waals surface area contributed by atoms with Gasteiger partial charge >= 0.3 is 12.1 Å². The number of carbonyl (C=O) groups excluding carboxylic acids is 2. The van der Waals surface area contributed by atoms with Gasteiger partial charge in [-0.15, -0.1) is 0 Å². The second-order valence-electron chi connectivity index (χ2n) is 6.73. The number of rotatable bonds is 3. The number of esters is 1. The first-order chi connectivity index (χ1) is 12.4. The lowest BCUT2D eigenvalue weighted by Gasteiger charge is -2.27. The highest BCUT2D eigenvalue weighted by Gasteiger charge is 2.28. The van der Waals surface area contributed by atoms with E-state index in [2.05, 4.69) is 18.2 Å². The number of benzene rings is 2. The maximum Gasteiger partial charge on any atom is 0.513 e. The van der Waals surface area contributed by atoms with Crippen LogP contribution in [0.25, 0.3) is 10.8 Å². The standard InChI is InChI=1S/C21H22O5/c1-12(2)20(22)25-19-15-8-6-5-7-14(15)18(26-21(23)24-4)16-10-9-13(3)11-17(16)19/h5-8,13H,1,9-11H2,2-4H3. The minimum atomic E-state index is -0.761. The Morgan fingerprint density at radius 3 is 2.27 bits per heavy atom. The zero-order valence-electron chi connectivity index (χ0n) is 15.3. The molecule has 1 atom stereocenters. The fourth-order valence-corrected chi connectivity index (χ4v) is 3.34. The molecule has 1 unspecified atom stereocenters. The van der Waals surface area contributed by atoms with Gasteiger partial charge in [-0.05, 0) is 32.1 Å². The summed E-state index contributed by atoms with van der Waals surface area (Å²) in [4.78, 5) is 24.0. The summed E-state index contributed by atoms with van der Waals surface area (Å²) in [5.74, 6) is 1.01. The van der Waals surface area contributed by atoms with Crippen molar-refractivity contribution in [2.75, 3.05) is 7.11 Å². The van der Waals surface area contributed by atoms with Crippen LogP contribution in [0.1, 0.15) is 31.4 Å². The van der Waals surface area contributed by atoms with Crippen LogP contribution in [-0.2, 0) is 22.4 Å². The molecule has 5 heteroatoms. The number of methoxy groups -OCH3 is 1. The Bertz CT molecular complexity index is 897. The van der Waals surface area contributed by atoms with Crippen molar-refractivity contribution in [2.45, 2.75) is 33.1 Å². The molecule has 0 aromatic heterocycles. The molecule has 0 spiro atoms. The molecule has 2 aromatic carbocycles. The van der Waals surface area contributed by atoms with Crippen molar-refractivity contribution in [1.82, 2.24) is 0 Å². The fraction of sp³-hybridized carbons (Fsp3) is 0.333. The summed E-state index contributed by atoms with van der Waals surface area (Å²) in [7, 11) is 1.28. The molecule has 0 fully saturated rings. The molecule has 0 heterocycles. The van der Waals surface area contributed by atoms with Crippen molar-refractivity contribution < 1.29 is 23.8 Å². The molecule has 0 saturated carbocycles. The van der Waals surface area contributed by atoms with Gasteiger partial charge in [0.25, 0.3) is 0 Å². The van der Waals surface area contributed by atoms with E-state index in [0.717, 1.165) is 41.2 Å². The van der Waals surface area contributed by atoms with Crippen molar-refractivity contribution in [1.29, 1.82) is 0 Å². The smallest absolute Gasteiger partial charge is 0.437 e. The maximum absolute atomic E-state index is 12.2. The third-order valence-electron chi connectivity index (χ3n) is 4.66. The van der Waals surface area contributed by atoms with E-state index in [-0.39, 0.29) is 0 Å². The highest BCUT2D eigenvalue weighted by atomic mass is 16.7. The summed E-state index contributed by atoms with van der Waals surface area (Å²) in [5.41, 5.74) is 2.15. The quantitative estimate of drug-likeness (QED) is 0.349. The van der Waals surface area contributed by atoms with Gasteiger partial charge in [0.1, 0.15) is 11.5 Å². The molecule has 0 amide bonds. The predicted molar refractivity (Wildman–Crippen MR) is 98.6 cm³/mol. The van der Waals surface area contributed by atoms with Crippen LogP contribution in [0.2, 0.25) is 0 Å². The third-order valence-corrected chi connectivity index (χ3v) is 4.66. The summed E-state index contributed by atoms with van der Waals surface area (Å²) >= 11 is 0. The van der Waals surface area contributed by atoms with Gasteiger partial charge in [0.05, 0.1) is 7.11 Å². The van der Waals surface area contributed by atoms with Gasteiger partial charge in [0, 0.05) is 27.5 Å². The Kier molecular flexibility index (Phi) is 4.98. The molecule has 2 aromatic rings. The lowest BCUT2D eigenvalue weighted by molar-refractivity contribution is -0.130. The minimum absolute atomic E-state index is 0.335. The monoisotopic (exact) mass is 354 g/mol. The summed E-state index contributed by atoms with van der Waals surface area (Å²) in [6.45, 7) is 7.44. The molecular weight excluding hydrogens is 332 g/mol. The molecular formula is C21H22O5. The first kappa shape index (κ1) is 18.0. The van der Waals surface area contributed by atoms with Gasteiger partial charge in [-0.25, -0.2) is 9.59 Å². The van der Waals surface area contributed by atoms with Gasteiger partial charge in [0.15, 0.2) is 0 Å². The second kappa shape index (κ2) is 7.20. The van der Waals surface area contributed by atoms with Gasteiger partial charge in [0.2, 0.25) is 0 Å². The molecule has 5 nitrogen and oxygen atoms in total. The zero-order chi connectivity index (χ0) is 18.8. The molecule has 0 radical (unpaired) electrons. The topological polar surface area (TPSA) is 61.8 Å². The zero-order valence-corrected chi connectivity index (χ0v) is 15.3. The molecule has 0 N–H and O–H groups in total. The van der Waals surface area contributed by atoms with Gasteiger partial charge < -0.3 is 14.2 Å². The van der Waals surface area contributed by atoms with Crippen molar-refractivity contribution in [3.8, 4) is 11.5 Å². The molecule has 3 rings (SSSR count). The van der Waals surface area contributed by atoms with Gasteiger partial charge in [-0.1, -0.05) is 37.8 Å². The van der Waals surface area contributed by atoms with Gasteiger partial charge in [-0.3, -0.25) is 0 Å². The summed E-state index contributed by atoms with van der Waals surface area (Å²) in [6.07, 6.45) is 1.70. The van der Waals surface area contributed by atoms with E-state index in [4.69, 9.17) is 9.47 Å². The average Bonchev–Trinajstić information content (AvgIpc) is 2.63. The number of hydrogen-bond donors (Lipinski definition) is 0. The van der Waals surface area contributed by atoms with Crippen LogP contribution in [0.5, 0.6) is 11.5 Å². The normalized spacial score (nSPS) is 15.9. The van der Waals surface area contributed by atoms with Crippen molar-refractivity contribution >= 4 is 22.9 Å². The highest BCUT2D eigenvalue weighted by molar-refractivity contribution is 6.00. The Labute approximate surface area is 152 Å². The van der Waals surface area contributed by atoms with Crippen LogP contribution in [0.4, 0.5) is 4.79 Å². The second-order valence-corrected chi connectivity index (χ2v) is 6.73. The molecule has 0 saturated heterocycles. The van der Waals surface area contributed by atoms with E-state index in [1.54, 1.807) is 6.92 Å². The number of hydrogen-bond acceptors (Lipinski definition) is 5. The largest absolute Gasteiger partial charge is 0.513 e. The highest BCUT2D eigenvalue weighted by Crippen LogP contribution is 2.45. The van der Waals surface area contributed by atoms with Crippen LogP contribution in [0.15, 0.2) is 36.4 Å².